The fourth-order valence-electron chi connectivity index (χ4n) is 6.20. The van der Waals surface area contributed by atoms with Gasteiger partial charge in [0.1, 0.15) is 5.78 Å². The number of rotatable bonds is 0. The number of fused-ring (bicyclic) bond motifs is 7. The van der Waals surface area contributed by atoms with Crippen LogP contribution in [0.1, 0.15) is 71.6 Å². The SMILES string of the molecule is C[C@]12CCC(=O)C/C1=C/C[C@H]1CC[C@@H]2CC[C@]2(C)C(I)=CC[C@@H]12. The monoisotopic (exact) mass is 424 g/mol. The van der Waals surface area contributed by atoms with Crippen molar-refractivity contribution in [3.63, 3.8) is 0 Å². The van der Waals surface area contributed by atoms with Crippen molar-refractivity contribution in [1.29, 1.82) is 0 Å². The van der Waals surface area contributed by atoms with Crippen LogP contribution >= 0.6 is 22.6 Å². The molecule has 2 fully saturated rings. The molecule has 0 heterocycles. The summed E-state index contributed by atoms with van der Waals surface area (Å²) in [4.78, 5) is 12.0. The Morgan fingerprint density at radius 1 is 1.04 bits per heavy atom. The predicted octanol–water partition coefficient (Wildman–Crippen LogP) is 6.23. The van der Waals surface area contributed by atoms with Crippen molar-refractivity contribution >= 4 is 28.4 Å². The van der Waals surface area contributed by atoms with Crippen molar-refractivity contribution in [2.45, 2.75) is 71.6 Å². The van der Waals surface area contributed by atoms with Crippen LogP contribution in [0.5, 0.6) is 0 Å². The lowest BCUT2D eigenvalue weighted by Crippen LogP contribution is -2.41. The molecule has 4 aliphatic rings. The molecule has 4 rings (SSSR count). The lowest BCUT2D eigenvalue weighted by molar-refractivity contribution is -0.121. The largest absolute Gasteiger partial charge is 0.299 e. The minimum atomic E-state index is 0.301. The molecular weight excluding hydrogens is 395 g/mol. The van der Waals surface area contributed by atoms with Gasteiger partial charge in [0, 0.05) is 18.3 Å². The van der Waals surface area contributed by atoms with E-state index in [0.29, 0.717) is 16.6 Å². The highest BCUT2D eigenvalue weighted by Crippen LogP contribution is 2.60. The van der Waals surface area contributed by atoms with Gasteiger partial charge in [-0.2, -0.15) is 0 Å². The van der Waals surface area contributed by atoms with Crippen molar-refractivity contribution in [1.82, 2.24) is 0 Å². The van der Waals surface area contributed by atoms with Crippen LogP contribution in [-0.2, 0) is 4.79 Å². The van der Waals surface area contributed by atoms with Crippen LogP contribution in [0.2, 0.25) is 0 Å². The topological polar surface area (TPSA) is 17.1 Å². The summed E-state index contributed by atoms with van der Waals surface area (Å²) in [6, 6.07) is 0. The van der Waals surface area contributed by atoms with E-state index in [0.717, 1.165) is 37.0 Å². The number of hydrogen-bond donors (Lipinski definition) is 0. The zero-order valence-corrected chi connectivity index (χ0v) is 16.7. The molecule has 126 valence electrons. The third kappa shape index (κ3) is 2.49. The number of hydrogen-bond acceptors (Lipinski definition) is 1. The molecule has 0 aromatic heterocycles. The molecule has 5 atom stereocenters. The summed E-state index contributed by atoms with van der Waals surface area (Å²) < 4.78 is 1.62. The van der Waals surface area contributed by atoms with E-state index in [1.54, 1.807) is 3.58 Å². The third-order valence-electron chi connectivity index (χ3n) is 7.99. The lowest BCUT2D eigenvalue weighted by Gasteiger charge is -2.50. The molecule has 0 saturated heterocycles. The van der Waals surface area contributed by atoms with Crippen LogP contribution < -0.4 is 0 Å². The van der Waals surface area contributed by atoms with Crippen LogP contribution in [0.4, 0.5) is 0 Å². The molecule has 0 radical (unpaired) electrons. The van der Waals surface area contributed by atoms with Gasteiger partial charge in [-0.1, -0.05) is 31.6 Å². The fraction of sp³-hybridized carbons (Fsp3) is 0.762. The number of carbonyl (C=O) groups is 1. The molecule has 0 aromatic rings. The maximum absolute atomic E-state index is 12.0. The van der Waals surface area contributed by atoms with Crippen molar-refractivity contribution in [2.24, 2.45) is 28.6 Å². The Kier molecular flexibility index (Phi) is 4.06. The van der Waals surface area contributed by atoms with Crippen molar-refractivity contribution in [3.05, 3.63) is 21.3 Å². The summed E-state index contributed by atoms with van der Waals surface area (Å²) in [5.74, 6) is 2.91. The second kappa shape index (κ2) is 5.71. The fourth-order valence-corrected chi connectivity index (χ4v) is 7.12. The normalized spacial score (nSPS) is 49.0. The Hall–Kier alpha value is -0.120. The summed E-state index contributed by atoms with van der Waals surface area (Å²) in [7, 11) is 0. The highest BCUT2D eigenvalue weighted by atomic mass is 127. The van der Waals surface area contributed by atoms with Gasteiger partial charge in [-0.15, -0.1) is 0 Å². The summed E-state index contributed by atoms with van der Waals surface area (Å²) in [6.07, 6.45) is 15.7. The van der Waals surface area contributed by atoms with Crippen LogP contribution in [-0.4, -0.2) is 5.78 Å². The summed E-state index contributed by atoms with van der Waals surface area (Å²) in [5.41, 5.74) is 2.24. The summed E-state index contributed by atoms with van der Waals surface area (Å²) in [5, 5.41) is 0. The Balaban J connectivity index is 1.74. The second-order valence-electron chi connectivity index (χ2n) is 8.98. The second-order valence-corrected chi connectivity index (χ2v) is 10.1. The van der Waals surface area contributed by atoms with Crippen molar-refractivity contribution in [2.75, 3.05) is 0 Å². The van der Waals surface area contributed by atoms with E-state index in [1.165, 1.54) is 44.1 Å². The quantitative estimate of drug-likeness (QED) is 0.333. The Bertz CT molecular complexity index is 589. The van der Waals surface area contributed by atoms with E-state index >= 15 is 0 Å². The van der Waals surface area contributed by atoms with Crippen LogP contribution in [0.15, 0.2) is 21.3 Å². The van der Waals surface area contributed by atoms with E-state index in [-0.39, 0.29) is 0 Å². The molecule has 1 nitrogen and oxygen atoms in total. The first-order valence-corrected chi connectivity index (χ1v) is 10.6. The van der Waals surface area contributed by atoms with Gasteiger partial charge in [0.15, 0.2) is 0 Å². The number of ketones is 1. The van der Waals surface area contributed by atoms with Gasteiger partial charge in [0.2, 0.25) is 0 Å². The molecular formula is C21H29IO. The van der Waals surface area contributed by atoms with E-state index < -0.39 is 0 Å². The standard InChI is InChI=1S/C21H29IO/c1-20-12-10-17(23)13-16(20)6-4-14-3-5-15(20)9-11-21(2)18(14)7-8-19(21)22/h6,8,14-15,18H,3-5,7,9-13H2,1-2H3/b16-6-/t14-,15-,18+,20-,21+/m1/s1. The Morgan fingerprint density at radius 3 is 2.70 bits per heavy atom. The molecule has 0 aliphatic heterocycles. The number of halogens is 1. The molecule has 2 saturated carbocycles. The maximum Gasteiger partial charge on any atom is 0.136 e. The molecule has 2 bridgehead atoms. The summed E-state index contributed by atoms with van der Waals surface area (Å²) >= 11 is 2.62. The van der Waals surface area contributed by atoms with Gasteiger partial charge in [0.25, 0.3) is 0 Å². The average molecular weight is 424 g/mol. The molecule has 0 unspecified atom stereocenters. The zero-order valence-electron chi connectivity index (χ0n) is 14.5. The van der Waals surface area contributed by atoms with Gasteiger partial charge >= 0.3 is 0 Å². The first-order valence-electron chi connectivity index (χ1n) is 9.51. The predicted molar refractivity (Wildman–Crippen MR) is 103 cm³/mol. The molecule has 0 amide bonds. The number of allylic oxidation sites excluding steroid dienone is 4. The first-order chi connectivity index (χ1) is 10.9. The molecule has 0 aromatic carbocycles. The van der Waals surface area contributed by atoms with Crippen LogP contribution in [0.25, 0.3) is 0 Å². The zero-order chi connectivity index (χ0) is 16.2. The van der Waals surface area contributed by atoms with Gasteiger partial charge in [-0.05, 0) is 94.3 Å². The Labute approximate surface area is 154 Å². The summed E-state index contributed by atoms with van der Waals surface area (Å²) in [6.45, 7) is 5.02. The van der Waals surface area contributed by atoms with E-state index in [4.69, 9.17) is 0 Å². The van der Waals surface area contributed by atoms with E-state index in [1.807, 2.05) is 0 Å². The highest BCUT2D eigenvalue weighted by molar-refractivity contribution is 14.1. The van der Waals surface area contributed by atoms with Gasteiger partial charge < -0.3 is 0 Å². The van der Waals surface area contributed by atoms with Crippen LogP contribution in [0.3, 0.4) is 0 Å². The minimum Gasteiger partial charge on any atom is -0.299 e. The molecule has 2 heteroatoms. The van der Waals surface area contributed by atoms with E-state index in [9.17, 15) is 4.79 Å². The van der Waals surface area contributed by atoms with Crippen molar-refractivity contribution in [3.8, 4) is 0 Å². The highest BCUT2D eigenvalue weighted by Gasteiger charge is 2.49. The smallest absolute Gasteiger partial charge is 0.136 e. The minimum absolute atomic E-state index is 0.301. The van der Waals surface area contributed by atoms with Crippen molar-refractivity contribution < 1.29 is 4.79 Å². The van der Waals surface area contributed by atoms with E-state index in [2.05, 4.69) is 48.6 Å². The maximum atomic E-state index is 12.0. The van der Waals surface area contributed by atoms with Gasteiger partial charge in [0.05, 0.1) is 0 Å². The third-order valence-corrected chi connectivity index (χ3v) is 9.67. The molecule has 23 heavy (non-hydrogen) atoms. The van der Waals surface area contributed by atoms with Crippen LogP contribution in [0, 0.1) is 28.6 Å². The molecule has 0 spiro atoms. The van der Waals surface area contributed by atoms with Gasteiger partial charge in [-0.3, -0.25) is 4.79 Å². The Morgan fingerprint density at radius 2 is 1.87 bits per heavy atom. The number of Topliss-reactive ketones (excluding diaryl/α,β-unsaturated/α-hetero) is 1. The lowest BCUT2D eigenvalue weighted by atomic mass is 9.55. The number of carbonyl (C=O) groups excluding carboxylic acids is 1. The molecule has 0 N–H and O–H groups in total. The van der Waals surface area contributed by atoms with Gasteiger partial charge in [-0.25, -0.2) is 0 Å². The first kappa shape index (κ1) is 16.4. The average Bonchev–Trinajstić information content (AvgIpc) is 2.78. The molecule has 4 aliphatic carbocycles.